The summed E-state index contributed by atoms with van der Waals surface area (Å²) in [7, 11) is 0. The van der Waals surface area contributed by atoms with Crippen molar-refractivity contribution in [2.24, 2.45) is 5.10 Å². The lowest BCUT2D eigenvalue weighted by atomic mass is 10.0. The van der Waals surface area contributed by atoms with Crippen LogP contribution >= 0.6 is 0 Å². The maximum atomic E-state index is 12.3. The van der Waals surface area contributed by atoms with Gasteiger partial charge in [-0.2, -0.15) is 5.10 Å². The van der Waals surface area contributed by atoms with E-state index in [1.807, 2.05) is 67.6 Å². The first-order valence-electron chi connectivity index (χ1n) is 7.12. The standard InChI is InChI=1S/C19H16N2O/c1-14-6-4-7-15(12-14)13-20-21-19(22)18-11-5-9-16-8-2-3-10-17(16)18/h2-13H,1H3,(H,21,22)/b20-13+. The number of amides is 1. The van der Waals surface area contributed by atoms with Crippen LogP contribution in [0.3, 0.4) is 0 Å². The molecule has 0 saturated heterocycles. The molecule has 3 aromatic carbocycles. The zero-order valence-electron chi connectivity index (χ0n) is 12.3. The van der Waals surface area contributed by atoms with Crippen molar-refractivity contribution in [2.75, 3.05) is 0 Å². The molecule has 0 bridgehead atoms. The van der Waals surface area contributed by atoms with E-state index in [9.17, 15) is 4.79 Å². The largest absolute Gasteiger partial charge is 0.271 e. The quantitative estimate of drug-likeness (QED) is 0.576. The van der Waals surface area contributed by atoms with E-state index >= 15 is 0 Å². The molecule has 0 heterocycles. The Morgan fingerprint density at radius 2 is 1.77 bits per heavy atom. The maximum absolute atomic E-state index is 12.3. The first-order chi connectivity index (χ1) is 10.7. The Morgan fingerprint density at radius 1 is 1.00 bits per heavy atom. The van der Waals surface area contributed by atoms with Crippen LogP contribution in [-0.4, -0.2) is 12.1 Å². The van der Waals surface area contributed by atoms with E-state index in [4.69, 9.17) is 0 Å². The Bertz CT molecular complexity index is 847. The average Bonchev–Trinajstić information content (AvgIpc) is 2.54. The van der Waals surface area contributed by atoms with E-state index in [0.29, 0.717) is 5.56 Å². The van der Waals surface area contributed by atoms with Gasteiger partial charge in [0.1, 0.15) is 0 Å². The minimum atomic E-state index is -0.208. The van der Waals surface area contributed by atoms with Crippen LogP contribution in [0.2, 0.25) is 0 Å². The van der Waals surface area contributed by atoms with Crippen LogP contribution in [0.4, 0.5) is 0 Å². The number of aryl methyl sites for hydroxylation is 1. The third-order valence-electron chi connectivity index (χ3n) is 3.46. The Kier molecular flexibility index (Phi) is 3.97. The molecule has 0 aromatic heterocycles. The first kappa shape index (κ1) is 14.0. The Hall–Kier alpha value is -2.94. The summed E-state index contributed by atoms with van der Waals surface area (Å²) in [6.45, 7) is 2.02. The predicted molar refractivity (Wildman–Crippen MR) is 90.2 cm³/mol. The number of carbonyl (C=O) groups is 1. The van der Waals surface area contributed by atoms with Gasteiger partial charge >= 0.3 is 0 Å². The molecule has 1 N–H and O–H groups in total. The van der Waals surface area contributed by atoms with Crippen LogP contribution < -0.4 is 5.43 Å². The lowest BCUT2D eigenvalue weighted by Crippen LogP contribution is -2.17. The number of fused-ring (bicyclic) bond motifs is 1. The Labute approximate surface area is 129 Å². The monoisotopic (exact) mass is 288 g/mol. The molecule has 22 heavy (non-hydrogen) atoms. The molecule has 0 fully saturated rings. The van der Waals surface area contributed by atoms with Crippen LogP contribution in [0, 0.1) is 6.92 Å². The van der Waals surface area contributed by atoms with Crippen molar-refractivity contribution in [3.05, 3.63) is 83.4 Å². The fourth-order valence-corrected chi connectivity index (χ4v) is 2.40. The van der Waals surface area contributed by atoms with Crippen LogP contribution in [0.25, 0.3) is 10.8 Å². The Morgan fingerprint density at radius 3 is 2.64 bits per heavy atom. The number of rotatable bonds is 3. The van der Waals surface area contributed by atoms with Crippen molar-refractivity contribution in [1.82, 2.24) is 5.43 Å². The van der Waals surface area contributed by atoms with E-state index < -0.39 is 0 Å². The number of hydrogen-bond donors (Lipinski definition) is 1. The third-order valence-corrected chi connectivity index (χ3v) is 3.46. The molecular weight excluding hydrogens is 272 g/mol. The molecule has 0 unspecified atom stereocenters. The highest BCUT2D eigenvalue weighted by molar-refractivity contribution is 6.07. The molecule has 0 saturated carbocycles. The minimum absolute atomic E-state index is 0.208. The van der Waals surface area contributed by atoms with Crippen molar-refractivity contribution in [2.45, 2.75) is 6.92 Å². The smallest absolute Gasteiger partial charge is 0.267 e. The number of benzene rings is 3. The normalized spacial score (nSPS) is 11.0. The van der Waals surface area contributed by atoms with Gasteiger partial charge in [0.05, 0.1) is 6.21 Å². The summed E-state index contributed by atoms with van der Waals surface area (Å²) < 4.78 is 0. The molecule has 108 valence electrons. The molecule has 0 aliphatic rings. The van der Waals surface area contributed by atoms with Gasteiger partial charge in [0, 0.05) is 5.56 Å². The summed E-state index contributed by atoms with van der Waals surface area (Å²) in [5.41, 5.74) is 5.33. The summed E-state index contributed by atoms with van der Waals surface area (Å²) in [6.07, 6.45) is 1.65. The van der Waals surface area contributed by atoms with Crippen LogP contribution in [0.5, 0.6) is 0 Å². The van der Waals surface area contributed by atoms with E-state index in [1.165, 1.54) is 0 Å². The molecule has 3 aromatic rings. The van der Waals surface area contributed by atoms with E-state index in [1.54, 1.807) is 12.3 Å². The highest BCUT2D eigenvalue weighted by Crippen LogP contribution is 2.18. The van der Waals surface area contributed by atoms with Gasteiger partial charge in [-0.3, -0.25) is 4.79 Å². The van der Waals surface area contributed by atoms with Gasteiger partial charge in [0.15, 0.2) is 0 Å². The van der Waals surface area contributed by atoms with Crippen molar-refractivity contribution in [3.63, 3.8) is 0 Å². The Balaban J connectivity index is 1.79. The van der Waals surface area contributed by atoms with Crippen LogP contribution in [0.1, 0.15) is 21.5 Å². The van der Waals surface area contributed by atoms with Gasteiger partial charge in [0.2, 0.25) is 0 Å². The van der Waals surface area contributed by atoms with Crippen LogP contribution in [-0.2, 0) is 0 Å². The van der Waals surface area contributed by atoms with Crippen molar-refractivity contribution >= 4 is 22.9 Å². The lowest BCUT2D eigenvalue weighted by Gasteiger charge is -2.04. The second-order valence-corrected chi connectivity index (χ2v) is 5.14. The zero-order chi connectivity index (χ0) is 15.4. The third kappa shape index (κ3) is 3.04. The second-order valence-electron chi connectivity index (χ2n) is 5.14. The second kappa shape index (κ2) is 6.22. The summed E-state index contributed by atoms with van der Waals surface area (Å²) >= 11 is 0. The number of carbonyl (C=O) groups excluding carboxylic acids is 1. The number of hydrogen-bond acceptors (Lipinski definition) is 2. The highest BCUT2D eigenvalue weighted by Gasteiger charge is 2.08. The van der Waals surface area contributed by atoms with Gasteiger partial charge in [-0.1, -0.05) is 66.2 Å². The topological polar surface area (TPSA) is 41.5 Å². The van der Waals surface area contributed by atoms with Gasteiger partial charge in [-0.25, -0.2) is 5.43 Å². The number of nitrogens with one attached hydrogen (secondary N) is 1. The van der Waals surface area contributed by atoms with Gasteiger partial charge in [-0.05, 0) is 29.3 Å². The highest BCUT2D eigenvalue weighted by atomic mass is 16.2. The van der Waals surface area contributed by atoms with Crippen molar-refractivity contribution in [3.8, 4) is 0 Å². The molecule has 3 heteroatoms. The summed E-state index contributed by atoms with van der Waals surface area (Å²) in [6, 6.07) is 21.4. The van der Waals surface area contributed by atoms with E-state index in [-0.39, 0.29) is 5.91 Å². The number of hydrazone groups is 1. The predicted octanol–water partition coefficient (Wildman–Crippen LogP) is 3.91. The summed E-state index contributed by atoms with van der Waals surface area (Å²) in [5, 5.41) is 6.01. The van der Waals surface area contributed by atoms with Gasteiger partial charge < -0.3 is 0 Å². The molecule has 3 rings (SSSR count). The molecule has 0 aliphatic carbocycles. The SMILES string of the molecule is Cc1cccc(/C=N/NC(=O)c2cccc3ccccc23)c1. The fraction of sp³-hybridized carbons (Fsp3) is 0.0526. The molecule has 0 aliphatic heterocycles. The molecule has 0 spiro atoms. The summed E-state index contributed by atoms with van der Waals surface area (Å²) in [5.74, 6) is -0.208. The first-order valence-corrected chi connectivity index (χ1v) is 7.12. The van der Waals surface area contributed by atoms with Gasteiger partial charge in [-0.15, -0.1) is 0 Å². The maximum Gasteiger partial charge on any atom is 0.271 e. The fourth-order valence-electron chi connectivity index (χ4n) is 2.40. The molecule has 3 nitrogen and oxygen atoms in total. The van der Waals surface area contributed by atoms with Crippen LogP contribution in [0.15, 0.2) is 71.8 Å². The van der Waals surface area contributed by atoms with E-state index in [2.05, 4.69) is 10.5 Å². The molecule has 0 atom stereocenters. The number of nitrogens with zero attached hydrogens (tertiary/aromatic N) is 1. The van der Waals surface area contributed by atoms with Crippen molar-refractivity contribution < 1.29 is 4.79 Å². The van der Waals surface area contributed by atoms with Crippen molar-refractivity contribution in [1.29, 1.82) is 0 Å². The van der Waals surface area contributed by atoms with E-state index in [0.717, 1.165) is 21.9 Å². The average molecular weight is 288 g/mol. The molecule has 1 amide bonds. The lowest BCUT2D eigenvalue weighted by molar-refractivity contribution is 0.0957. The van der Waals surface area contributed by atoms with Gasteiger partial charge in [0.25, 0.3) is 5.91 Å². The zero-order valence-corrected chi connectivity index (χ0v) is 12.3. The molecule has 0 radical (unpaired) electrons. The molecular formula is C19H16N2O. The summed E-state index contributed by atoms with van der Waals surface area (Å²) in [4.78, 5) is 12.3. The minimum Gasteiger partial charge on any atom is -0.267 e.